The minimum atomic E-state index is -0.790. The van der Waals surface area contributed by atoms with Gasteiger partial charge >= 0.3 is 0 Å². The summed E-state index contributed by atoms with van der Waals surface area (Å²) in [5.41, 5.74) is 0.739. The van der Waals surface area contributed by atoms with Crippen molar-refractivity contribution in [3.8, 4) is 5.75 Å². The largest absolute Gasteiger partial charge is 0.494 e. The van der Waals surface area contributed by atoms with Crippen molar-refractivity contribution in [2.45, 2.75) is 57.7 Å². The molecule has 0 saturated heterocycles. The highest BCUT2D eigenvalue weighted by Gasteiger charge is 2.34. The van der Waals surface area contributed by atoms with Crippen LogP contribution in [0.15, 0.2) is 64.6 Å². The highest BCUT2D eigenvalue weighted by molar-refractivity contribution is 7.09. The van der Waals surface area contributed by atoms with Gasteiger partial charge in [-0.2, -0.15) is 0 Å². The van der Waals surface area contributed by atoms with Gasteiger partial charge in [-0.1, -0.05) is 37.5 Å². The smallest absolute Gasteiger partial charge is 0.290 e. The number of nitrogens with one attached hydrogen (secondary N) is 1. The molecule has 1 fully saturated rings. The summed E-state index contributed by atoms with van der Waals surface area (Å²) in [5, 5.41) is 5.20. The Morgan fingerprint density at radius 2 is 1.91 bits per heavy atom. The second-order valence-corrected chi connectivity index (χ2v) is 9.27. The SMILES string of the molecule is CCOc1ccc(C(C(=O)NC2CCCCC2)N(Cc2cccs2)C(=O)c2ccco2)cc1. The van der Waals surface area contributed by atoms with Gasteiger partial charge in [-0.3, -0.25) is 9.59 Å². The Morgan fingerprint density at radius 1 is 1.12 bits per heavy atom. The first kappa shape index (κ1) is 23.1. The van der Waals surface area contributed by atoms with Crippen LogP contribution in [-0.2, 0) is 11.3 Å². The zero-order chi connectivity index (χ0) is 23.0. The van der Waals surface area contributed by atoms with Crippen molar-refractivity contribution in [1.82, 2.24) is 10.2 Å². The zero-order valence-electron chi connectivity index (χ0n) is 18.9. The van der Waals surface area contributed by atoms with E-state index in [-0.39, 0.29) is 23.6 Å². The van der Waals surface area contributed by atoms with Gasteiger partial charge in [0.25, 0.3) is 5.91 Å². The number of thiophene rings is 1. The molecule has 6 nitrogen and oxygen atoms in total. The molecule has 1 aromatic carbocycles. The number of hydrogen-bond donors (Lipinski definition) is 1. The minimum absolute atomic E-state index is 0.138. The summed E-state index contributed by atoms with van der Waals surface area (Å²) in [6, 6.07) is 14.0. The first-order valence-electron chi connectivity index (χ1n) is 11.6. The van der Waals surface area contributed by atoms with E-state index >= 15 is 0 Å². The summed E-state index contributed by atoms with van der Waals surface area (Å²) < 4.78 is 11.0. The summed E-state index contributed by atoms with van der Waals surface area (Å²) in [6.45, 7) is 2.80. The highest BCUT2D eigenvalue weighted by atomic mass is 32.1. The lowest BCUT2D eigenvalue weighted by Crippen LogP contribution is -2.46. The van der Waals surface area contributed by atoms with Crippen LogP contribution < -0.4 is 10.1 Å². The maximum absolute atomic E-state index is 13.7. The molecule has 1 aliphatic rings. The summed E-state index contributed by atoms with van der Waals surface area (Å²) in [5.74, 6) is 0.469. The molecule has 3 aromatic rings. The number of carbonyl (C=O) groups excluding carboxylic acids is 2. The fraction of sp³-hybridized carbons (Fsp3) is 0.385. The molecule has 2 amide bonds. The first-order valence-corrected chi connectivity index (χ1v) is 12.4. The number of carbonyl (C=O) groups is 2. The van der Waals surface area contributed by atoms with Gasteiger partial charge in [0.05, 0.1) is 19.4 Å². The quantitative estimate of drug-likeness (QED) is 0.447. The normalized spacial score (nSPS) is 15.1. The van der Waals surface area contributed by atoms with E-state index in [1.54, 1.807) is 28.4 Å². The third-order valence-electron chi connectivity index (χ3n) is 5.92. The lowest BCUT2D eigenvalue weighted by atomic mass is 9.94. The predicted molar refractivity (Wildman–Crippen MR) is 128 cm³/mol. The van der Waals surface area contributed by atoms with Gasteiger partial charge in [0, 0.05) is 10.9 Å². The number of nitrogens with zero attached hydrogens (tertiary/aromatic N) is 1. The monoisotopic (exact) mass is 466 g/mol. The van der Waals surface area contributed by atoms with Crippen molar-refractivity contribution in [2.24, 2.45) is 0 Å². The number of benzene rings is 1. The fourth-order valence-corrected chi connectivity index (χ4v) is 5.01. The van der Waals surface area contributed by atoms with Gasteiger partial charge in [-0.05, 0) is 61.0 Å². The Balaban J connectivity index is 1.69. The molecule has 1 aliphatic carbocycles. The first-order chi connectivity index (χ1) is 16.2. The van der Waals surface area contributed by atoms with Crippen LogP contribution in [0.3, 0.4) is 0 Å². The third kappa shape index (κ3) is 5.85. The molecule has 7 heteroatoms. The van der Waals surface area contributed by atoms with Crippen LogP contribution in [0.5, 0.6) is 5.75 Å². The van der Waals surface area contributed by atoms with E-state index < -0.39 is 6.04 Å². The van der Waals surface area contributed by atoms with Gasteiger partial charge < -0.3 is 19.4 Å². The Hall–Kier alpha value is -3.06. The number of furan rings is 1. The third-order valence-corrected chi connectivity index (χ3v) is 6.78. The second-order valence-electron chi connectivity index (χ2n) is 8.24. The Morgan fingerprint density at radius 3 is 2.55 bits per heavy atom. The molecule has 33 heavy (non-hydrogen) atoms. The zero-order valence-corrected chi connectivity index (χ0v) is 19.7. The van der Waals surface area contributed by atoms with E-state index in [2.05, 4.69) is 5.32 Å². The molecule has 1 N–H and O–H groups in total. The second kappa shape index (κ2) is 11.2. The van der Waals surface area contributed by atoms with E-state index in [4.69, 9.17) is 9.15 Å². The van der Waals surface area contributed by atoms with Crippen LogP contribution in [-0.4, -0.2) is 29.4 Å². The molecule has 174 valence electrons. The molecule has 2 heterocycles. The lowest BCUT2D eigenvalue weighted by molar-refractivity contribution is -0.127. The summed E-state index contributed by atoms with van der Waals surface area (Å²) in [7, 11) is 0. The Kier molecular flexibility index (Phi) is 7.83. The standard InChI is InChI=1S/C26H30N2O4S/c1-2-31-21-14-12-19(13-15-21)24(25(29)27-20-8-4-3-5-9-20)28(18-22-10-7-17-33-22)26(30)23-11-6-16-32-23/h6-7,10-17,20,24H,2-5,8-9,18H2,1H3,(H,27,29). The Bertz CT molecular complexity index is 1010. The summed E-state index contributed by atoms with van der Waals surface area (Å²) in [6.07, 6.45) is 6.85. The number of amides is 2. The summed E-state index contributed by atoms with van der Waals surface area (Å²) in [4.78, 5) is 29.9. The van der Waals surface area contributed by atoms with Gasteiger partial charge in [-0.25, -0.2) is 0 Å². The number of rotatable bonds is 9. The number of hydrogen-bond acceptors (Lipinski definition) is 5. The lowest BCUT2D eigenvalue weighted by Gasteiger charge is -2.32. The average Bonchev–Trinajstić information content (AvgIpc) is 3.55. The Labute approximate surface area is 198 Å². The van der Waals surface area contributed by atoms with Crippen LogP contribution in [0.4, 0.5) is 0 Å². The minimum Gasteiger partial charge on any atom is -0.494 e. The fourth-order valence-electron chi connectivity index (χ4n) is 4.31. The van der Waals surface area contributed by atoms with E-state index in [9.17, 15) is 9.59 Å². The van der Waals surface area contributed by atoms with Crippen molar-refractivity contribution in [3.63, 3.8) is 0 Å². The van der Waals surface area contributed by atoms with Crippen LogP contribution >= 0.6 is 11.3 Å². The highest BCUT2D eigenvalue weighted by Crippen LogP contribution is 2.29. The molecule has 1 unspecified atom stereocenters. The van der Waals surface area contributed by atoms with Gasteiger partial charge in [-0.15, -0.1) is 11.3 Å². The van der Waals surface area contributed by atoms with Crippen molar-refractivity contribution < 1.29 is 18.7 Å². The summed E-state index contributed by atoms with van der Waals surface area (Å²) >= 11 is 1.56. The number of ether oxygens (including phenoxy) is 1. The average molecular weight is 467 g/mol. The van der Waals surface area contributed by atoms with Crippen molar-refractivity contribution in [2.75, 3.05) is 6.61 Å². The molecular formula is C26H30N2O4S. The van der Waals surface area contributed by atoms with Crippen LogP contribution in [0.1, 0.15) is 66.1 Å². The molecule has 1 atom stereocenters. The van der Waals surface area contributed by atoms with Crippen LogP contribution in [0.25, 0.3) is 0 Å². The van der Waals surface area contributed by atoms with Gasteiger partial charge in [0.2, 0.25) is 5.91 Å². The predicted octanol–water partition coefficient (Wildman–Crippen LogP) is 5.57. The van der Waals surface area contributed by atoms with Gasteiger partial charge in [0.1, 0.15) is 11.8 Å². The van der Waals surface area contributed by atoms with Crippen LogP contribution in [0, 0.1) is 0 Å². The molecule has 4 rings (SSSR count). The molecule has 0 radical (unpaired) electrons. The van der Waals surface area contributed by atoms with Gasteiger partial charge in [0.15, 0.2) is 5.76 Å². The van der Waals surface area contributed by atoms with E-state index in [0.717, 1.165) is 41.9 Å². The maximum atomic E-state index is 13.7. The molecule has 0 aliphatic heterocycles. The van der Waals surface area contributed by atoms with Crippen molar-refractivity contribution in [1.29, 1.82) is 0 Å². The maximum Gasteiger partial charge on any atom is 0.290 e. The van der Waals surface area contributed by atoms with E-state index in [1.807, 2.05) is 48.7 Å². The molecule has 2 aromatic heterocycles. The molecule has 0 bridgehead atoms. The van der Waals surface area contributed by atoms with Crippen LogP contribution in [0.2, 0.25) is 0 Å². The molecular weight excluding hydrogens is 436 g/mol. The molecule has 1 saturated carbocycles. The topological polar surface area (TPSA) is 71.8 Å². The van der Waals surface area contributed by atoms with Crippen molar-refractivity contribution in [3.05, 3.63) is 76.4 Å². The molecule has 0 spiro atoms. The van der Waals surface area contributed by atoms with E-state index in [1.165, 1.54) is 12.7 Å². The van der Waals surface area contributed by atoms with E-state index in [0.29, 0.717) is 13.2 Å². The van der Waals surface area contributed by atoms with Crippen molar-refractivity contribution >= 4 is 23.2 Å².